The Hall–Kier alpha value is -3.93. The average molecular weight is 384 g/mol. The van der Waals surface area contributed by atoms with Crippen molar-refractivity contribution in [1.82, 2.24) is 15.0 Å². The third kappa shape index (κ3) is 4.16. The number of carbonyl (C=O) groups excluding carboxylic acids is 1. The molecule has 3 aromatic carbocycles. The third-order valence-electron chi connectivity index (χ3n) is 4.49. The van der Waals surface area contributed by atoms with Crippen molar-refractivity contribution in [1.29, 1.82) is 0 Å². The highest BCUT2D eigenvalue weighted by Crippen LogP contribution is 2.23. The molecule has 0 bridgehead atoms. The van der Waals surface area contributed by atoms with Gasteiger partial charge in [-0.3, -0.25) is 0 Å². The summed E-state index contributed by atoms with van der Waals surface area (Å²) in [5, 5.41) is 9.03. The van der Waals surface area contributed by atoms with Crippen LogP contribution in [0.1, 0.15) is 5.89 Å². The fourth-order valence-electron chi connectivity index (χ4n) is 3.09. The first kappa shape index (κ1) is 18.4. The van der Waals surface area contributed by atoms with Gasteiger partial charge in [0.2, 0.25) is 11.7 Å². The maximum Gasteiger partial charge on any atom is 0.322 e. The quantitative estimate of drug-likeness (QED) is 0.469. The Morgan fingerprint density at radius 3 is 2.62 bits per heavy atom. The summed E-state index contributed by atoms with van der Waals surface area (Å²) in [5.41, 5.74) is 1.61. The SMILES string of the molecule is C=CCN(Cc1nc(-c2ccccc2)no1)C(=O)Nc1cccc2ccccc12. The van der Waals surface area contributed by atoms with Crippen molar-refractivity contribution in [3.05, 3.63) is 91.3 Å². The molecule has 6 heteroatoms. The van der Waals surface area contributed by atoms with Crippen LogP contribution in [0.15, 0.2) is 90.0 Å². The van der Waals surface area contributed by atoms with Crippen LogP contribution in [0.25, 0.3) is 22.2 Å². The Labute approximate surface area is 168 Å². The third-order valence-corrected chi connectivity index (χ3v) is 4.49. The van der Waals surface area contributed by atoms with E-state index in [1.165, 1.54) is 0 Å². The van der Waals surface area contributed by atoms with Crippen molar-refractivity contribution in [2.75, 3.05) is 11.9 Å². The van der Waals surface area contributed by atoms with Crippen molar-refractivity contribution in [3.8, 4) is 11.4 Å². The van der Waals surface area contributed by atoms with Crippen LogP contribution in [0.4, 0.5) is 10.5 Å². The molecule has 0 aliphatic carbocycles. The van der Waals surface area contributed by atoms with E-state index in [9.17, 15) is 4.79 Å². The number of hydrogen-bond acceptors (Lipinski definition) is 4. The summed E-state index contributed by atoms with van der Waals surface area (Å²) in [6.07, 6.45) is 1.66. The number of carbonyl (C=O) groups is 1. The molecule has 4 aromatic rings. The fraction of sp³-hybridized carbons (Fsp3) is 0.0870. The second kappa shape index (κ2) is 8.39. The van der Waals surface area contributed by atoms with Crippen molar-refractivity contribution in [3.63, 3.8) is 0 Å². The topological polar surface area (TPSA) is 71.3 Å². The number of rotatable bonds is 6. The van der Waals surface area contributed by atoms with Gasteiger partial charge in [-0.05, 0) is 11.5 Å². The minimum Gasteiger partial charge on any atom is -0.337 e. The number of anilines is 1. The number of benzene rings is 3. The molecule has 1 heterocycles. The fourth-order valence-corrected chi connectivity index (χ4v) is 3.09. The van der Waals surface area contributed by atoms with Crippen LogP contribution in [0.2, 0.25) is 0 Å². The van der Waals surface area contributed by atoms with Crippen LogP contribution in [0.3, 0.4) is 0 Å². The molecule has 29 heavy (non-hydrogen) atoms. The average Bonchev–Trinajstić information content (AvgIpc) is 3.23. The highest BCUT2D eigenvalue weighted by atomic mass is 16.5. The summed E-state index contributed by atoms with van der Waals surface area (Å²) >= 11 is 0. The first-order valence-corrected chi connectivity index (χ1v) is 9.27. The molecular weight excluding hydrogens is 364 g/mol. The van der Waals surface area contributed by atoms with Gasteiger partial charge in [-0.25, -0.2) is 4.79 Å². The maximum atomic E-state index is 12.9. The van der Waals surface area contributed by atoms with Crippen LogP contribution in [0.5, 0.6) is 0 Å². The minimum atomic E-state index is -0.263. The van der Waals surface area contributed by atoms with Gasteiger partial charge >= 0.3 is 6.03 Å². The van der Waals surface area contributed by atoms with Crippen molar-refractivity contribution in [2.45, 2.75) is 6.54 Å². The molecule has 2 amide bonds. The Kier molecular flexibility index (Phi) is 5.33. The first-order valence-electron chi connectivity index (χ1n) is 9.27. The zero-order valence-corrected chi connectivity index (χ0v) is 15.8. The lowest BCUT2D eigenvalue weighted by Gasteiger charge is -2.20. The number of urea groups is 1. The number of aromatic nitrogens is 2. The van der Waals surface area contributed by atoms with Gasteiger partial charge in [0.25, 0.3) is 0 Å². The molecule has 0 saturated carbocycles. The number of nitrogens with zero attached hydrogens (tertiary/aromatic N) is 3. The molecule has 0 fully saturated rings. The monoisotopic (exact) mass is 384 g/mol. The summed E-state index contributed by atoms with van der Waals surface area (Å²) in [6, 6.07) is 23.0. The Morgan fingerprint density at radius 2 is 1.79 bits per heavy atom. The highest BCUT2D eigenvalue weighted by molar-refractivity contribution is 6.01. The zero-order valence-electron chi connectivity index (χ0n) is 15.8. The molecule has 0 spiro atoms. The van der Waals surface area contributed by atoms with Gasteiger partial charge < -0.3 is 14.7 Å². The van der Waals surface area contributed by atoms with E-state index in [1.807, 2.05) is 72.8 Å². The lowest BCUT2D eigenvalue weighted by molar-refractivity contribution is 0.206. The van der Waals surface area contributed by atoms with Crippen molar-refractivity contribution in [2.24, 2.45) is 0 Å². The first-order chi connectivity index (χ1) is 14.2. The van der Waals surface area contributed by atoms with Crippen LogP contribution in [-0.2, 0) is 6.54 Å². The van der Waals surface area contributed by atoms with Gasteiger partial charge in [-0.1, -0.05) is 78.0 Å². The van der Waals surface area contributed by atoms with Crippen LogP contribution < -0.4 is 5.32 Å². The molecule has 0 atom stereocenters. The van der Waals surface area contributed by atoms with E-state index in [2.05, 4.69) is 22.0 Å². The summed E-state index contributed by atoms with van der Waals surface area (Å²) in [6.45, 7) is 4.28. The van der Waals surface area contributed by atoms with Gasteiger partial charge in [-0.2, -0.15) is 4.98 Å². The van der Waals surface area contributed by atoms with Crippen molar-refractivity contribution < 1.29 is 9.32 Å². The molecular formula is C23H20N4O2. The number of hydrogen-bond donors (Lipinski definition) is 1. The van der Waals surface area contributed by atoms with Crippen LogP contribution in [0, 0.1) is 0 Å². The second-order valence-corrected chi connectivity index (χ2v) is 6.50. The van der Waals surface area contributed by atoms with E-state index in [0.29, 0.717) is 18.3 Å². The van der Waals surface area contributed by atoms with Gasteiger partial charge in [0.05, 0.1) is 5.69 Å². The van der Waals surface area contributed by atoms with E-state index >= 15 is 0 Å². The number of nitrogens with one attached hydrogen (secondary N) is 1. The summed E-state index contributed by atoms with van der Waals surface area (Å²) in [4.78, 5) is 18.9. The van der Waals surface area contributed by atoms with Gasteiger partial charge in [-0.15, -0.1) is 6.58 Å². The van der Waals surface area contributed by atoms with Crippen molar-refractivity contribution >= 4 is 22.5 Å². The predicted octanol–water partition coefficient (Wildman–Crippen LogP) is 5.11. The number of fused-ring (bicyclic) bond motifs is 1. The molecule has 1 N–H and O–H groups in total. The summed E-state index contributed by atoms with van der Waals surface area (Å²) in [7, 11) is 0. The molecule has 6 nitrogen and oxygen atoms in total. The standard InChI is InChI=1S/C23H20N4O2/c1-2-15-27(16-21-25-22(26-29-21)18-10-4-3-5-11-18)23(28)24-20-14-8-12-17-9-6-7-13-19(17)20/h2-14H,1,15-16H2,(H,24,28). The van der Waals surface area contributed by atoms with E-state index in [1.54, 1.807) is 11.0 Å². The van der Waals surface area contributed by atoms with Gasteiger partial charge in [0.1, 0.15) is 6.54 Å². The highest BCUT2D eigenvalue weighted by Gasteiger charge is 2.18. The lowest BCUT2D eigenvalue weighted by atomic mass is 10.1. The molecule has 1 aromatic heterocycles. The molecule has 0 unspecified atom stereocenters. The smallest absolute Gasteiger partial charge is 0.322 e. The van der Waals surface area contributed by atoms with E-state index < -0.39 is 0 Å². The minimum absolute atomic E-state index is 0.183. The zero-order chi connectivity index (χ0) is 20.1. The maximum absolute atomic E-state index is 12.9. The Morgan fingerprint density at radius 1 is 1.03 bits per heavy atom. The summed E-state index contributed by atoms with van der Waals surface area (Å²) < 4.78 is 5.35. The van der Waals surface area contributed by atoms with Crippen LogP contribution >= 0.6 is 0 Å². The number of amides is 2. The lowest BCUT2D eigenvalue weighted by Crippen LogP contribution is -2.34. The van der Waals surface area contributed by atoms with Crippen LogP contribution in [-0.4, -0.2) is 27.6 Å². The molecule has 144 valence electrons. The summed E-state index contributed by atoms with van der Waals surface area (Å²) in [5.74, 6) is 0.854. The van der Waals surface area contributed by atoms with Gasteiger partial charge in [0.15, 0.2) is 0 Å². The van der Waals surface area contributed by atoms with E-state index in [4.69, 9.17) is 4.52 Å². The molecule has 0 radical (unpaired) electrons. The van der Waals surface area contributed by atoms with E-state index in [-0.39, 0.29) is 12.6 Å². The van der Waals surface area contributed by atoms with Gasteiger partial charge in [0, 0.05) is 17.5 Å². The predicted molar refractivity (Wildman–Crippen MR) is 113 cm³/mol. The molecule has 0 aliphatic rings. The largest absolute Gasteiger partial charge is 0.337 e. The molecule has 0 saturated heterocycles. The second-order valence-electron chi connectivity index (χ2n) is 6.50. The molecule has 4 rings (SSSR count). The normalized spacial score (nSPS) is 10.6. The molecule has 0 aliphatic heterocycles. The Bertz CT molecular complexity index is 1130. The Balaban J connectivity index is 1.52. The van der Waals surface area contributed by atoms with E-state index in [0.717, 1.165) is 22.0 Å².